The van der Waals surface area contributed by atoms with Crippen molar-refractivity contribution in [3.05, 3.63) is 18.0 Å². The van der Waals surface area contributed by atoms with Gasteiger partial charge < -0.3 is 10.1 Å². The van der Waals surface area contributed by atoms with Gasteiger partial charge in [0.1, 0.15) is 12.4 Å². The van der Waals surface area contributed by atoms with Gasteiger partial charge in [-0.1, -0.05) is 0 Å². The molecule has 0 aliphatic carbocycles. The summed E-state index contributed by atoms with van der Waals surface area (Å²) in [5.41, 5.74) is 1.48. The van der Waals surface area contributed by atoms with Crippen molar-refractivity contribution in [3.63, 3.8) is 0 Å². The summed E-state index contributed by atoms with van der Waals surface area (Å²) < 4.78 is 5.66. The molecule has 0 radical (unpaired) electrons. The molecular formula is C12H17N3O2. The van der Waals surface area contributed by atoms with Gasteiger partial charge in [-0.05, 0) is 26.9 Å². The van der Waals surface area contributed by atoms with Crippen LogP contribution in [0.25, 0.3) is 0 Å². The average molecular weight is 235 g/mol. The molecule has 17 heavy (non-hydrogen) atoms. The smallest absolute Gasteiger partial charge is 0.211 e. The van der Waals surface area contributed by atoms with Gasteiger partial charge >= 0.3 is 0 Å². The van der Waals surface area contributed by atoms with Crippen LogP contribution < -0.4 is 10.1 Å². The van der Waals surface area contributed by atoms with Crippen molar-refractivity contribution in [1.29, 1.82) is 0 Å². The SMILES string of the molecule is Cc1ncc(OC[C@@H]2CCN2C)cc1NC=O. The Kier molecular flexibility index (Phi) is 3.58. The number of rotatable bonds is 5. The van der Waals surface area contributed by atoms with Crippen LogP contribution in [0.4, 0.5) is 5.69 Å². The largest absolute Gasteiger partial charge is 0.490 e. The number of likely N-dealkylation sites (tertiary alicyclic amines) is 1. The van der Waals surface area contributed by atoms with Crippen LogP contribution in [-0.4, -0.2) is 42.5 Å². The summed E-state index contributed by atoms with van der Waals surface area (Å²) in [5, 5.41) is 2.61. The van der Waals surface area contributed by atoms with E-state index in [0.29, 0.717) is 30.5 Å². The van der Waals surface area contributed by atoms with Crippen LogP contribution >= 0.6 is 0 Å². The molecule has 5 nitrogen and oxygen atoms in total. The average Bonchev–Trinajstić information content (AvgIpc) is 2.32. The maximum Gasteiger partial charge on any atom is 0.211 e. The van der Waals surface area contributed by atoms with Crippen molar-refractivity contribution in [2.24, 2.45) is 0 Å². The minimum Gasteiger partial charge on any atom is -0.490 e. The molecule has 0 aromatic carbocycles. The van der Waals surface area contributed by atoms with Crippen LogP contribution in [0, 0.1) is 6.92 Å². The zero-order valence-electron chi connectivity index (χ0n) is 10.1. The Bertz CT molecular complexity index is 409. The van der Waals surface area contributed by atoms with Crippen molar-refractivity contribution < 1.29 is 9.53 Å². The summed E-state index contributed by atoms with van der Waals surface area (Å²) in [5.74, 6) is 0.695. The Morgan fingerprint density at radius 3 is 3.12 bits per heavy atom. The highest BCUT2D eigenvalue weighted by Gasteiger charge is 2.24. The topological polar surface area (TPSA) is 54.5 Å². The number of likely N-dealkylation sites (N-methyl/N-ethyl adjacent to an activating group) is 1. The predicted molar refractivity (Wildman–Crippen MR) is 65.2 cm³/mol. The zero-order chi connectivity index (χ0) is 12.3. The standard InChI is InChI=1S/C12H17N3O2/c1-9-12(14-8-16)5-11(6-13-9)17-7-10-3-4-15(10)2/h5-6,8,10H,3-4,7H2,1-2H3,(H,14,16)/t10-/m0/s1. The summed E-state index contributed by atoms with van der Waals surface area (Å²) in [7, 11) is 2.09. The molecule has 1 aliphatic heterocycles. The predicted octanol–water partition coefficient (Wildman–Crippen LogP) is 1.04. The summed E-state index contributed by atoms with van der Waals surface area (Å²) >= 11 is 0. The Balaban J connectivity index is 1.95. The molecule has 1 aromatic rings. The molecule has 0 spiro atoms. The molecule has 1 aromatic heterocycles. The van der Waals surface area contributed by atoms with Gasteiger partial charge in [0.15, 0.2) is 0 Å². The number of hydrogen-bond acceptors (Lipinski definition) is 4. The van der Waals surface area contributed by atoms with Gasteiger partial charge in [0.25, 0.3) is 0 Å². The summed E-state index contributed by atoms with van der Waals surface area (Å²) in [6.07, 6.45) is 3.51. The number of hydrogen-bond donors (Lipinski definition) is 1. The van der Waals surface area contributed by atoms with E-state index >= 15 is 0 Å². The number of carbonyl (C=O) groups is 1. The van der Waals surface area contributed by atoms with E-state index in [9.17, 15) is 4.79 Å². The number of amides is 1. The summed E-state index contributed by atoms with van der Waals surface area (Å²) in [4.78, 5) is 16.9. The molecule has 92 valence electrons. The fourth-order valence-corrected chi connectivity index (χ4v) is 1.78. The highest BCUT2D eigenvalue weighted by atomic mass is 16.5. The first-order chi connectivity index (χ1) is 8.20. The normalized spacial score (nSPS) is 19.5. The first kappa shape index (κ1) is 11.9. The third-order valence-electron chi connectivity index (χ3n) is 3.16. The van der Waals surface area contributed by atoms with Gasteiger partial charge in [0.05, 0.1) is 17.6 Å². The van der Waals surface area contributed by atoms with Crippen molar-refractivity contribution in [2.45, 2.75) is 19.4 Å². The molecule has 0 unspecified atom stereocenters. The maximum atomic E-state index is 10.4. The van der Waals surface area contributed by atoms with Crippen molar-refractivity contribution >= 4 is 12.1 Å². The number of nitrogens with zero attached hydrogens (tertiary/aromatic N) is 2. The van der Waals surface area contributed by atoms with Gasteiger partial charge in [0, 0.05) is 12.1 Å². The Morgan fingerprint density at radius 2 is 2.53 bits per heavy atom. The minimum atomic E-state index is 0.499. The summed E-state index contributed by atoms with van der Waals surface area (Å²) in [6.45, 7) is 3.65. The monoisotopic (exact) mass is 235 g/mol. The first-order valence-electron chi connectivity index (χ1n) is 5.70. The number of nitrogens with one attached hydrogen (secondary N) is 1. The molecule has 0 bridgehead atoms. The number of pyridine rings is 1. The van der Waals surface area contributed by atoms with Gasteiger partial charge in [-0.25, -0.2) is 0 Å². The maximum absolute atomic E-state index is 10.4. The number of carbonyl (C=O) groups excluding carboxylic acids is 1. The second kappa shape index (κ2) is 5.14. The van der Waals surface area contributed by atoms with Gasteiger partial charge in [-0.2, -0.15) is 0 Å². The Morgan fingerprint density at radius 1 is 1.71 bits per heavy atom. The molecular weight excluding hydrogens is 218 g/mol. The van der Waals surface area contributed by atoms with Crippen molar-refractivity contribution in [2.75, 3.05) is 25.5 Å². The lowest BCUT2D eigenvalue weighted by atomic mass is 10.1. The van der Waals surface area contributed by atoms with Crippen LogP contribution in [0.2, 0.25) is 0 Å². The first-order valence-corrected chi connectivity index (χ1v) is 5.70. The quantitative estimate of drug-likeness (QED) is 0.775. The van der Waals surface area contributed by atoms with Gasteiger partial charge in [-0.3, -0.25) is 14.7 Å². The number of aromatic nitrogens is 1. The van der Waals surface area contributed by atoms with Crippen molar-refractivity contribution in [1.82, 2.24) is 9.88 Å². The molecule has 1 aliphatic rings. The molecule has 2 heterocycles. The van der Waals surface area contributed by atoms with E-state index in [1.165, 1.54) is 6.42 Å². The lowest BCUT2D eigenvalue weighted by Gasteiger charge is -2.37. The van der Waals surface area contributed by atoms with Crippen LogP contribution in [-0.2, 0) is 4.79 Å². The molecule has 1 N–H and O–H groups in total. The van der Waals surface area contributed by atoms with Gasteiger partial charge in [-0.15, -0.1) is 0 Å². The second-order valence-corrected chi connectivity index (χ2v) is 4.30. The molecule has 1 saturated heterocycles. The number of anilines is 1. The highest BCUT2D eigenvalue weighted by Crippen LogP contribution is 2.21. The van der Waals surface area contributed by atoms with Crippen LogP contribution in [0.15, 0.2) is 12.3 Å². The van der Waals surface area contributed by atoms with E-state index in [2.05, 4.69) is 22.2 Å². The Labute approximate surface area is 101 Å². The molecule has 0 saturated carbocycles. The fourth-order valence-electron chi connectivity index (χ4n) is 1.78. The fraction of sp³-hybridized carbons (Fsp3) is 0.500. The molecule has 1 amide bonds. The van der Waals surface area contributed by atoms with Crippen molar-refractivity contribution in [3.8, 4) is 5.75 Å². The summed E-state index contributed by atoms with van der Waals surface area (Å²) in [6, 6.07) is 2.30. The lowest BCUT2D eigenvalue weighted by molar-refractivity contribution is -0.105. The van der Waals surface area contributed by atoms with E-state index in [4.69, 9.17) is 4.74 Å². The van der Waals surface area contributed by atoms with E-state index in [0.717, 1.165) is 12.2 Å². The second-order valence-electron chi connectivity index (χ2n) is 4.30. The highest BCUT2D eigenvalue weighted by molar-refractivity contribution is 5.73. The lowest BCUT2D eigenvalue weighted by Crippen LogP contribution is -2.48. The third-order valence-corrected chi connectivity index (χ3v) is 3.16. The van der Waals surface area contributed by atoms with E-state index in [-0.39, 0.29) is 0 Å². The molecule has 5 heteroatoms. The number of aryl methyl sites for hydroxylation is 1. The number of ether oxygens (including phenoxy) is 1. The Hall–Kier alpha value is -1.62. The molecule has 1 fully saturated rings. The van der Waals surface area contributed by atoms with Crippen LogP contribution in [0.1, 0.15) is 12.1 Å². The van der Waals surface area contributed by atoms with Crippen LogP contribution in [0.5, 0.6) is 5.75 Å². The van der Waals surface area contributed by atoms with E-state index in [1.54, 1.807) is 12.3 Å². The third kappa shape index (κ3) is 2.74. The van der Waals surface area contributed by atoms with E-state index in [1.807, 2.05) is 6.92 Å². The van der Waals surface area contributed by atoms with Gasteiger partial charge in [0.2, 0.25) is 6.41 Å². The molecule has 2 rings (SSSR count). The molecule has 1 atom stereocenters. The van der Waals surface area contributed by atoms with E-state index < -0.39 is 0 Å². The zero-order valence-corrected chi connectivity index (χ0v) is 10.1. The minimum absolute atomic E-state index is 0.499. The van der Waals surface area contributed by atoms with Crippen LogP contribution in [0.3, 0.4) is 0 Å².